The highest BCUT2D eigenvalue weighted by molar-refractivity contribution is 7.17. The number of hydrogen-bond acceptors (Lipinski definition) is 4. The number of thiophene rings is 1. The summed E-state index contributed by atoms with van der Waals surface area (Å²) in [6, 6.07) is 5.89. The summed E-state index contributed by atoms with van der Waals surface area (Å²) in [5.41, 5.74) is 2.80. The Bertz CT molecular complexity index is 993. The van der Waals surface area contributed by atoms with Crippen molar-refractivity contribution in [2.45, 2.75) is 20.4 Å². The number of rotatable bonds is 3. The molecule has 0 aliphatic heterocycles. The fourth-order valence-corrected chi connectivity index (χ4v) is 3.65. The molecule has 0 fully saturated rings. The summed E-state index contributed by atoms with van der Waals surface area (Å²) in [7, 11) is 1.65. The van der Waals surface area contributed by atoms with Crippen molar-refractivity contribution in [1.29, 1.82) is 0 Å². The quantitative estimate of drug-likeness (QED) is 0.694. The van der Waals surface area contributed by atoms with Gasteiger partial charge in [-0.1, -0.05) is 12.0 Å². The molecule has 0 aliphatic rings. The molecule has 2 aromatic heterocycles. The fraction of sp³-hybridized carbons (Fsp3) is 0.222. The van der Waals surface area contributed by atoms with Crippen molar-refractivity contribution in [3.63, 3.8) is 0 Å². The van der Waals surface area contributed by atoms with Crippen LogP contribution in [-0.4, -0.2) is 16.7 Å². The first-order valence-electron chi connectivity index (χ1n) is 7.14. The number of hydrogen-bond donors (Lipinski definition) is 0. The van der Waals surface area contributed by atoms with Gasteiger partial charge in [-0.3, -0.25) is 9.36 Å². The first-order valence-corrected chi connectivity index (χ1v) is 8.02. The summed E-state index contributed by atoms with van der Waals surface area (Å²) >= 11 is 1.47. The number of nitrogens with zero attached hydrogens (tertiary/aromatic N) is 2. The Hall–Kier alpha value is -2.58. The zero-order valence-electron chi connectivity index (χ0n) is 13.2. The van der Waals surface area contributed by atoms with Crippen molar-refractivity contribution in [3.05, 3.63) is 45.3 Å². The third-order valence-electron chi connectivity index (χ3n) is 3.84. The molecule has 0 aliphatic carbocycles. The maximum Gasteiger partial charge on any atom is 0.263 e. The molecule has 1 aromatic carbocycles. The summed E-state index contributed by atoms with van der Waals surface area (Å²) in [6.45, 7) is 4.01. The van der Waals surface area contributed by atoms with Gasteiger partial charge in [-0.2, -0.15) is 0 Å². The van der Waals surface area contributed by atoms with Crippen LogP contribution in [0.15, 0.2) is 28.4 Å². The van der Waals surface area contributed by atoms with E-state index < -0.39 is 0 Å². The van der Waals surface area contributed by atoms with Gasteiger partial charge >= 0.3 is 0 Å². The van der Waals surface area contributed by atoms with E-state index in [1.54, 1.807) is 14.0 Å². The molecule has 3 rings (SSSR count). The monoisotopic (exact) mass is 324 g/mol. The zero-order chi connectivity index (χ0) is 16.6. The van der Waals surface area contributed by atoms with Crippen LogP contribution >= 0.6 is 11.3 Å². The second kappa shape index (κ2) is 5.90. The predicted octanol–water partition coefficient (Wildman–Crippen LogP) is 3.38. The number of methoxy groups -OCH3 is 1. The van der Waals surface area contributed by atoms with Gasteiger partial charge in [-0.25, -0.2) is 4.98 Å². The number of terminal acetylenes is 1. The van der Waals surface area contributed by atoms with Crippen molar-refractivity contribution >= 4 is 21.6 Å². The smallest absolute Gasteiger partial charge is 0.263 e. The van der Waals surface area contributed by atoms with Crippen molar-refractivity contribution in [2.24, 2.45) is 0 Å². The standard InChI is InChI=1S/C18H16N2O2S/c1-5-8-20-12(3)19-17-16(18(20)21)14(10-23-17)13-6-7-15(22-4)11(2)9-13/h1,6-7,9-10H,8H2,2-4H3. The molecule has 0 atom stereocenters. The van der Waals surface area contributed by atoms with Crippen LogP contribution in [0.2, 0.25) is 0 Å². The Kier molecular flexibility index (Phi) is 3.93. The average Bonchev–Trinajstić information content (AvgIpc) is 2.95. The van der Waals surface area contributed by atoms with Gasteiger partial charge in [-0.05, 0) is 37.1 Å². The first-order chi connectivity index (χ1) is 11.1. The number of benzene rings is 1. The summed E-state index contributed by atoms with van der Waals surface area (Å²) < 4.78 is 6.83. The molecule has 0 bridgehead atoms. The Morgan fingerprint density at radius 1 is 1.39 bits per heavy atom. The van der Waals surface area contributed by atoms with E-state index in [2.05, 4.69) is 10.9 Å². The number of aromatic nitrogens is 2. The second-order valence-electron chi connectivity index (χ2n) is 5.27. The summed E-state index contributed by atoms with van der Waals surface area (Å²) in [4.78, 5) is 18.1. The van der Waals surface area contributed by atoms with Crippen molar-refractivity contribution in [2.75, 3.05) is 7.11 Å². The third kappa shape index (κ3) is 2.51. The maximum absolute atomic E-state index is 12.8. The molecule has 4 nitrogen and oxygen atoms in total. The summed E-state index contributed by atoms with van der Waals surface area (Å²) in [5.74, 6) is 3.98. The fourth-order valence-electron chi connectivity index (χ4n) is 2.66. The Balaban J connectivity index is 2.27. The van der Waals surface area contributed by atoms with Gasteiger partial charge in [0.05, 0.1) is 19.0 Å². The van der Waals surface area contributed by atoms with E-state index in [-0.39, 0.29) is 12.1 Å². The molecule has 23 heavy (non-hydrogen) atoms. The first kappa shape index (κ1) is 15.3. The van der Waals surface area contributed by atoms with E-state index in [1.807, 2.05) is 30.5 Å². The van der Waals surface area contributed by atoms with E-state index in [0.717, 1.165) is 27.3 Å². The zero-order valence-corrected chi connectivity index (χ0v) is 14.0. The Labute approximate surface area is 138 Å². The maximum atomic E-state index is 12.8. The molecule has 0 unspecified atom stereocenters. The number of fused-ring (bicyclic) bond motifs is 1. The Morgan fingerprint density at radius 2 is 2.17 bits per heavy atom. The van der Waals surface area contributed by atoms with Crippen molar-refractivity contribution in [1.82, 2.24) is 9.55 Å². The van der Waals surface area contributed by atoms with Crippen LogP contribution in [0.25, 0.3) is 21.3 Å². The normalized spacial score (nSPS) is 10.7. The molecule has 5 heteroatoms. The van der Waals surface area contributed by atoms with Crippen molar-refractivity contribution in [3.8, 4) is 29.2 Å². The lowest BCUT2D eigenvalue weighted by Gasteiger charge is -2.08. The lowest BCUT2D eigenvalue weighted by Crippen LogP contribution is -2.23. The molecule has 0 spiro atoms. The van der Waals surface area contributed by atoms with Crippen molar-refractivity contribution < 1.29 is 4.74 Å². The molecule has 2 heterocycles. The van der Waals surface area contributed by atoms with E-state index >= 15 is 0 Å². The number of ether oxygens (including phenoxy) is 1. The van der Waals surface area contributed by atoms with Crippen LogP contribution in [0.5, 0.6) is 5.75 Å². The SMILES string of the molecule is C#CCn1c(C)nc2scc(-c3ccc(OC)c(C)c3)c2c1=O. The van der Waals surface area contributed by atoms with Crippen LogP contribution in [0.4, 0.5) is 0 Å². The molecule has 0 radical (unpaired) electrons. The lowest BCUT2D eigenvalue weighted by molar-refractivity contribution is 0.412. The topological polar surface area (TPSA) is 44.1 Å². The molecule has 0 amide bonds. The van der Waals surface area contributed by atoms with E-state index in [1.165, 1.54) is 15.9 Å². The lowest BCUT2D eigenvalue weighted by atomic mass is 10.0. The summed E-state index contributed by atoms with van der Waals surface area (Å²) in [5, 5.41) is 2.60. The summed E-state index contributed by atoms with van der Waals surface area (Å²) in [6.07, 6.45) is 5.37. The highest BCUT2D eigenvalue weighted by Gasteiger charge is 2.15. The van der Waals surface area contributed by atoms with Gasteiger partial charge in [0, 0.05) is 10.9 Å². The van der Waals surface area contributed by atoms with Crippen LogP contribution in [0, 0.1) is 26.2 Å². The minimum Gasteiger partial charge on any atom is -0.496 e. The largest absolute Gasteiger partial charge is 0.496 e. The van der Waals surface area contributed by atoms with Gasteiger partial charge in [0.25, 0.3) is 5.56 Å². The van der Waals surface area contributed by atoms with Gasteiger partial charge in [0.2, 0.25) is 0 Å². The molecular formula is C18H16N2O2S. The van der Waals surface area contributed by atoms with Gasteiger partial charge in [0.15, 0.2) is 0 Å². The number of aryl methyl sites for hydroxylation is 2. The molecule has 0 saturated heterocycles. The predicted molar refractivity (Wildman–Crippen MR) is 94.2 cm³/mol. The minimum absolute atomic E-state index is 0.0878. The van der Waals surface area contributed by atoms with Crippen LogP contribution in [0.3, 0.4) is 0 Å². The Morgan fingerprint density at radius 3 is 2.83 bits per heavy atom. The minimum atomic E-state index is -0.0878. The van der Waals surface area contributed by atoms with Crippen LogP contribution < -0.4 is 10.3 Å². The van der Waals surface area contributed by atoms with E-state index in [0.29, 0.717) is 11.2 Å². The van der Waals surface area contributed by atoms with Crippen LogP contribution in [0.1, 0.15) is 11.4 Å². The third-order valence-corrected chi connectivity index (χ3v) is 4.71. The van der Waals surface area contributed by atoms with E-state index in [4.69, 9.17) is 11.2 Å². The molecule has 3 aromatic rings. The molecular weight excluding hydrogens is 308 g/mol. The highest BCUT2D eigenvalue weighted by atomic mass is 32.1. The average molecular weight is 324 g/mol. The van der Waals surface area contributed by atoms with Gasteiger partial charge < -0.3 is 4.74 Å². The van der Waals surface area contributed by atoms with Gasteiger partial charge in [0.1, 0.15) is 16.4 Å². The van der Waals surface area contributed by atoms with Gasteiger partial charge in [-0.15, -0.1) is 17.8 Å². The van der Waals surface area contributed by atoms with E-state index in [9.17, 15) is 4.79 Å². The highest BCUT2D eigenvalue weighted by Crippen LogP contribution is 2.33. The molecule has 116 valence electrons. The molecule has 0 saturated carbocycles. The second-order valence-corrected chi connectivity index (χ2v) is 6.13. The van der Waals surface area contributed by atoms with Crippen LogP contribution in [-0.2, 0) is 6.54 Å². The molecule has 0 N–H and O–H groups in total.